The number of rotatable bonds is 5. The van der Waals surface area contributed by atoms with Gasteiger partial charge in [0.1, 0.15) is 0 Å². The number of carbonyl (C=O) groups excluding carboxylic acids is 2. The second-order valence-electron chi connectivity index (χ2n) is 7.28. The highest BCUT2D eigenvalue weighted by atomic mass is 32.2. The molecular weight excluding hydrogens is 384 g/mol. The minimum absolute atomic E-state index is 0.0219. The van der Waals surface area contributed by atoms with Crippen molar-refractivity contribution >= 4 is 29.4 Å². The number of benzene rings is 2. The number of carbonyl (C=O) groups is 2. The number of anilines is 1. The highest BCUT2D eigenvalue weighted by Crippen LogP contribution is 2.33. The molecule has 1 heterocycles. The van der Waals surface area contributed by atoms with Crippen molar-refractivity contribution in [1.82, 2.24) is 14.7 Å². The zero-order valence-electron chi connectivity index (χ0n) is 17.2. The highest BCUT2D eigenvalue weighted by molar-refractivity contribution is 7.99. The minimum Gasteiger partial charge on any atom is -0.331 e. The van der Waals surface area contributed by atoms with Crippen molar-refractivity contribution in [3.05, 3.63) is 54.6 Å². The smallest absolute Gasteiger partial charge is 0.319 e. The predicted molar refractivity (Wildman–Crippen MR) is 117 cm³/mol. The number of urea groups is 1. The Morgan fingerprint density at radius 2 is 1.59 bits per heavy atom. The van der Waals surface area contributed by atoms with Gasteiger partial charge < -0.3 is 15.1 Å². The van der Waals surface area contributed by atoms with Crippen LogP contribution in [0.5, 0.6) is 0 Å². The largest absolute Gasteiger partial charge is 0.331 e. The van der Waals surface area contributed by atoms with E-state index < -0.39 is 0 Å². The van der Waals surface area contributed by atoms with Crippen LogP contribution in [0.25, 0.3) is 0 Å². The lowest BCUT2D eigenvalue weighted by Crippen LogP contribution is -2.55. The van der Waals surface area contributed by atoms with Crippen LogP contribution in [0.2, 0.25) is 0 Å². The molecule has 0 spiro atoms. The van der Waals surface area contributed by atoms with Crippen molar-refractivity contribution in [1.29, 1.82) is 0 Å². The molecule has 1 N–H and O–H groups in total. The van der Waals surface area contributed by atoms with Gasteiger partial charge in [-0.2, -0.15) is 0 Å². The average molecular weight is 413 g/mol. The number of para-hydroxylation sites is 1. The standard InChI is InChI=1S/C22H28N4O2S/c1-17(25-13-15-26(16-14-25)22(28)24(2)3)21(27)23-19-11-7-8-12-20(19)29-18-9-5-4-6-10-18/h4-12,17H,13-16H2,1-3H3,(H,23,27). The molecule has 1 fully saturated rings. The Labute approximate surface area is 176 Å². The Bertz CT molecular complexity index is 836. The molecule has 7 heteroatoms. The van der Waals surface area contributed by atoms with Crippen LogP contribution in [0, 0.1) is 0 Å². The maximum Gasteiger partial charge on any atom is 0.319 e. The van der Waals surface area contributed by atoms with Gasteiger partial charge in [-0.25, -0.2) is 4.79 Å². The van der Waals surface area contributed by atoms with Crippen LogP contribution in [0.1, 0.15) is 6.92 Å². The molecule has 0 radical (unpaired) electrons. The van der Waals surface area contributed by atoms with Crippen LogP contribution in [-0.2, 0) is 4.79 Å². The van der Waals surface area contributed by atoms with E-state index in [4.69, 9.17) is 0 Å². The van der Waals surface area contributed by atoms with E-state index in [2.05, 4.69) is 22.3 Å². The Kier molecular flexibility index (Phi) is 7.17. The van der Waals surface area contributed by atoms with Gasteiger partial charge in [0, 0.05) is 50.1 Å². The number of hydrogen-bond donors (Lipinski definition) is 1. The van der Waals surface area contributed by atoms with E-state index in [1.807, 2.05) is 54.3 Å². The maximum absolute atomic E-state index is 12.9. The lowest BCUT2D eigenvalue weighted by molar-refractivity contribution is -0.121. The first kappa shape index (κ1) is 21.2. The lowest BCUT2D eigenvalue weighted by atomic mass is 10.2. The van der Waals surface area contributed by atoms with Gasteiger partial charge in [-0.15, -0.1) is 0 Å². The Morgan fingerprint density at radius 1 is 0.966 bits per heavy atom. The third-order valence-corrected chi connectivity index (χ3v) is 6.09. The molecule has 0 bridgehead atoms. The van der Waals surface area contributed by atoms with Gasteiger partial charge >= 0.3 is 6.03 Å². The quantitative estimate of drug-likeness (QED) is 0.817. The zero-order chi connectivity index (χ0) is 20.8. The Morgan fingerprint density at radius 3 is 2.24 bits per heavy atom. The van der Waals surface area contributed by atoms with E-state index in [9.17, 15) is 9.59 Å². The summed E-state index contributed by atoms with van der Waals surface area (Å²) in [6.45, 7) is 4.57. The molecule has 154 valence electrons. The van der Waals surface area contributed by atoms with Crippen LogP contribution < -0.4 is 5.32 Å². The third kappa shape index (κ3) is 5.52. The van der Waals surface area contributed by atoms with E-state index in [0.29, 0.717) is 26.2 Å². The predicted octanol–water partition coefficient (Wildman–Crippen LogP) is 3.46. The summed E-state index contributed by atoms with van der Waals surface area (Å²) >= 11 is 1.63. The molecule has 1 aliphatic heterocycles. The molecule has 3 rings (SSSR count). The molecule has 2 aromatic carbocycles. The molecule has 0 aliphatic carbocycles. The fraction of sp³-hybridized carbons (Fsp3) is 0.364. The molecule has 1 aliphatic rings. The first-order chi connectivity index (χ1) is 14.0. The summed E-state index contributed by atoms with van der Waals surface area (Å²) in [7, 11) is 3.52. The molecule has 2 aromatic rings. The molecule has 1 atom stereocenters. The Hall–Kier alpha value is -2.51. The molecule has 0 aromatic heterocycles. The van der Waals surface area contributed by atoms with Gasteiger partial charge in [0.05, 0.1) is 11.7 Å². The molecule has 3 amide bonds. The van der Waals surface area contributed by atoms with Gasteiger partial charge in [-0.1, -0.05) is 42.1 Å². The maximum atomic E-state index is 12.9. The summed E-state index contributed by atoms with van der Waals surface area (Å²) in [5.41, 5.74) is 0.819. The monoisotopic (exact) mass is 412 g/mol. The van der Waals surface area contributed by atoms with Gasteiger partial charge in [-0.3, -0.25) is 9.69 Å². The SMILES string of the molecule is CC(C(=O)Nc1ccccc1Sc1ccccc1)N1CCN(C(=O)N(C)C)CC1. The molecular formula is C22H28N4O2S. The van der Waals surface area contributed by atoms with Crippen molar-refractivity contribution in [2.45, 2.75) is 22.8 Å². The normalized spacial score (nSPS) is 15.6. The van der Waals surface area contributed by atoms with Crippen molar-refractivity contribution in [3.63, 3.8) is 0 Å². The molecule has 1 unspecified atom stereocenters. The van der Waals surface area contributed by atoms with Crippen molar-refractivity contribution in [3.8, 4) is 0 Å². The average Bonchev–Trinajstić information content (AvgIpc) is 2.75. The number of piperazine rings is 1. The summed E-state index contributed by atoms with van der Waals surface area (Å²) in [4.78, 5) is 32.7. The fourth-order valence-corrected chi connectivity index (χ4v) is 4.18. The highest BCUT2D eigenvalue weighted by Gasteiger charge is 2.28. The van der Waals surface area contributed by atoms with Crippen LogP contribution in [-0.4, -0.2) is 73.0 Å². The number of amides is 3. The summed E-state index contributed by atoms with van der Waals surface area (Å²) in [6.07, 6.45) is 0. The molecule has 1 saturated heterocycles. The van der Waals surface area contributed by atoms with Gasteiger partial charge in [0.2, 0.25) is 5.91 Å². The van der Waals surface area contributed by atoms with Crippen molar-refractivity contribution < 1.29 is 9.59 Å². The fourth-order valence-electron chi connectivity index (χ4n) is 3.26. The number of hydrogen-bond acceptors (Lipinski definition) is 4. The lowest BCUT2D eigenvalue weighted by Gasteiger charge is -2.38. The second-order valence-corrected chi connectivity index (χ2v) is 8.39. The molecule has 0 saturated carbocycles. The summed E-state index contributed by atoms with van der Waals surface area (Å²) in [5, 5.41) is 3.09. The summed E-state index contributed by atoms with van der Waals surface area (Å²) in [5.74, 6) is -0.0292. The molecule has 29 heavy (non-hydrogen) atoms. The van der Waals surface area contributed by atoms with Gasteiger partial charge in [0.25, 0.3) is 0 Å². The van der Waals surface area contributed by atoms with Crippen LogP contribution in [0.4, 0.5) is 10.5 Å². The van der Waals surface area contributed by atoms with Crippen LogP contribution in [0.15, 0.2) is 64.4 Å². The first-order valence-corrected chi connectivity index (χ1v) is 10.6. The summed E-state index contributed by atoms with van der Waals surface area (Å²) in [6, 6.07) is 17.7. The Balaban J connectivity index is 1.60. The van der Waals surface area contributed by atoms with E-state index in [-0.39, 0.29) is 18.0 Å². The minimum atomic E-state index is -0.263. The molecule has 6 nitrogen and oxygen atoms in total. The van der Waals surface area contributed by atoms with Gasteiger partial charge in [-0.05, 0) is 31.2 Å². The number of nitrogens with zero attached hydrogens (tertiary/aromatic N) is 3. The number of nitrogens with one attached hydrogen (secondary N) is 1. The van der Waals surface area contributed by atoms with Gasteiger partial charge in [0.15, 0.2) is 0 Å². The second kappa shape index (κ2) is 9.80. The van der Waals surface area contributed by atoms with E-state index in [1.165, 1.54) is 0 Å². The zero-order valence-corrected chi connectivity index (χ0v) is 18.0. The van der Waals surface area contributed by atoms with Crippen LogP contribution in [0.3, 0.4) is 0 Å². The van der Waals surface area contributed by atoms with Crippen molar-refractivity contribution in [2.24, 2.45) is 0 Å². The van der Waals surface area contributed by atoms with Crippen molar-refractivity contribution in [2.75, 3.05) is 45.6 Å². The third-order valence-electron chi connectivity index (χ3n) is 5.01. The van der Waals surface area contributed by atoms with Crippen LogP contribution >= 0.6 is 11.8 Å². The van der Waals surface area contributed by atoms with E-state index >= 15 is 0 Å². The summed E-state index contributed by atoms with van der Waals surface area (Å²) < 4.78 is 0. The van der Waals surface area contributed by atoms with E-state index in [0.717, 1.165) is 15.5 Å². The van der Waals surface area contributed by atoms with E-state index in [1.54, 1.807) is 30.8 Å². The first-order valence-electron chi connectivity index (χ1n) is 9.79. The topological polar surface area (TPSA) is 55.9 Å².